The van der Waals surface area contributed by atoms with Gasteiger partial charge in [0.15, 0.2) is 0 Å². The molecule has 1 aromatic heterocycles. The number of rotatable bonds is 9. The number of benzene rings is 1. The summed E-state index contributed by atoms with van der Waals surface area (Å²) in [4.78, 5) is 26.1. The number of nitrogens with zero attached hydrogens (tertiary/aromatic N) is 1. The normalized spacial score (nSPS) is 12.0. The first-order valence-electron chi connectivity index (χ1n) is 8.83. The molecule has 4 heteroatoms. The van der Waals surface area contributed by atoms with E-state index in [2.05, 4.69) is 11.1 Å². The Morgan fingerprint density at radius 1 is 1.12 bits per heavy atom. The molecule has 1 N–H and O–H groups in total. The third-order valence-electron chi connectivity index (χ3n) is 4.40. The molecule has 4 nitrogen and oxygen atoms in total. The third-order valence-corrected chi connectivity index (χ3v) is 4.40. The molecular weight excluding hydrogens is 326 g/mol. The van der Waals surface area contributed by atoms with Gasteiger partial charge in [0.25, 0.3) is 0 Å². The van der Waals surface area contributed by atoms with Crippen molar-refractivity contribution < 1.29 is 14.7 Å². The van der Waals surface area contributed by atoms with E-state index < -0.39 is 11.4 Å². The highest BCUT2D eigenvalue weighted by atomic mass is 16.4. The minimum Gasteiger partial charge on any atom is -0.481 e. The summed E-state index contributed by atoms with van der Waals surface area (Å²) in [7, 11) is 0. The molecule has 0 radical (unpaired) electrons. The smallest absolute Gasteiger partial charge is 0.303 e. The van der Waals surface area contributed by atoms with Gasteiger partial charge in [-0.1, -0.05) is 36.4 Å². The van der Waals surface area contributed by atoms with Crippen LogP contribution in [0.2, 0.25) is 0 Å². The van der Waals surface area contributed by atoms with Gasteiger partial charge in [-0.15, -0.1) is 0 Å². The summed E-state index contributed by atoms with van der Waals surface area (Å²) in [6, 6.07) is 11.9. The van der Waals surface area contributed by atoms with Crippen molar-refractivity contribution in [2.24, 2.45) is 0 Å². The minimum absolute atomic E-state index is 0.200. The van der Waals surface area contributed by atoms with Crippen LogP contribution in [0, 0.1) is 0 Å². The van der Waals surface area contributed by atoms with Crippen LogP contribution < -0.4 is 0 Å². The average molecular weight is 351 g/mol. The first-order chi connectivity index (χ1) is 12.4. The number of pyridine rings is 1. The third kappa shape index (κ3) is 5.38. The van der Waals surface area contributed by atoms with E-state index in [0.717, 1.165) is 41.4 Å². The second-order valence-electron chi connectivity index (χ2n) is 6.92. The minimum atomic E-state index is -0.755. The number of aldehydes is 1. The molecule has 0 bridgehead atoms. The first-order valence-corrected chi connectivity index (χ1v) is 8.83. The number of carbonyl (C=O) groups is 2. The van der Waals surface area contributed by atoms with Gasteiger partial charge in [0.05, 0.1) is 0 Å². The van der Waals surface area contributed by atoms with Crippen LogP contribution in [-0.2, 0) is 15.0 Å². The van der Waals surface area contributed by atoms with Crippen molar-refractivity contribution >= 4 is 17.8 Å². The van der Waals surface area contributed by atoms with Crippen LogP contribution in [0.1, 0.15) is 56.2 Å². The Kier molecular flexibility index (Phi) is 6.84. The SMILES string of the molecule is CC(C)(C=O)c1ccc(/C(=C\CCCCC(=O)O)c2cccnc2)cc1. The molecule has 0 aliphatic carbocycles. The Hall–Kier alpha value is -2.75. The molecule has 2 aromatic rings. The van der Waals surface area contributed by atoms with Gasteiger partial charge in [-0.2, -0.15) is 0 Å². The maximum absolute atomic E-state index is 11.3. The van der Waals surface area contributed by atoms with Crippen LogP contribution in [-0.4, -0.2) is 22.3 Å². The predicted octanol–water partition coefficient (Wildman–Crippen LogP) is 4.63. The van der Waals surface area contributed by atoms with Gasteiger partial charge < -0.3 is 9.90 Å². The summed E-state index contributed by atoms with van der Waals surface area (Å²) in [6.45, 7) is 3.80. The lowest BCUT2D eigenvalue weighted by Crippen LogP contribution is -2.18. The molecule has 26 heavy (non-hydrogen) atoms. The van der Waals surface area contributed by atoms with Crippen LogP contribution in [0.4, 0.5) is 0 Å². The van der Waals surface area contributed by atoms with Crippen molar-refractivity contribution in [3.8, 4) is 0 Å². The zero-order valence-corrected chi connectivity index (χ0v) is 15.3. The van der Waals surface area contributed by atoms with Crippen molar-refractivity contribution in [3.05, 3.63) is 71.6 Å². The van der Waals surface area contributed by atoms with Gasteiger partial charge in [0, 0.05) is 29.8 Å². The number of aromatic nitrogens is 1. The zero-order chi connectivity index (χ0) is 19.0. The van der Waals surface area contributed by atoms with E-state index in [1.54, 1.807) is 6.20 Å². The fraction of sp³-hybridized carbons (Fsp3) is 0.318. The second-order valence-corrected chi connectivity index (χ2v) is 6.92. The molecule has 0 fully saturated rings. The monoisotopic (exact) mass is 351 g/mol. The lowest BCUT2D eigenvalue weighted by Gasteiger charge is -2.18. The summed E-state index contributed by atoms with van der Waals surface area (Å²) >= 11 is 0. The fourth-order valence-corrected chi connectivity index (χ4v) is 2.74. The van der Waals surface area contributed by atoms with Crippen LogP contribution in [0.15, 0.2) is 54.9 Å². The van der Waals surface area contributed by atoms with Crippen LogP contribution >= 0.6 is 0 Å². The molecule has 0 saturated carbocycles. The Bertz CT molecular complexity index is 762. The van der Waals surface area contributed by atoms with Gasteiger partial charge in [0.2, 0.25) is 0 Å². The Morgan fingerprint density at radius 2 is 1.85 bits per heavy atom. The van der Waals surface area contributed by atoms with Crippen molar-refractivity contribution in [2.75, 3.05) is 0 Å². The molecule has 0 aliphatic rings. The Labute approximate surface area is 154 Å². The molecule has 1 heterocycles. The maximum Gasteiger partial charge on any atom is 0.303 e. The van der Waals surface area contributed by atoms with Crippen molar-refractivity contribution in [1.82, 2.24) is 4.98 Å². The molecule has 2 rings (SSSR count). The molecule has 0 saturated heterocycles. The Morgan fingerprint density at radius 3 is 2.42 bits per heavy atom. The molecular formula is C22H25NO3. The van der Waals surface area contributed by atoms with Crippen LogP contribution in [0.3, 0.4) is 0 Å². The number of carboxylic acids is 1. The molecule has 0 unspecified atom stereocenters. The molecule has 0 atom stereocenters. The quantitative estimate of drug-likeness (QED) is 0.528. The Balaban J connectivity index is 2.24. The van der Waals surface area contributed by atoms with Gasteiger partial charge in [-0.05, 0) is 55.9 Å². The summed E-state index contributed by atoms with van der Waals surface area (Å²) in [5.74, 6) is -0.755. The second kappa shape index (κ2) is 9.09. The number of allylic oxidation sites excluding steroid dienone is 1. The highest BCUT2D eigenvalue weighted by Crippen LogP contribution is 2.27. The van der Waals surface area contributed by atoms with Crippen molar-refractivity contribution in [1.29, 1.82) is 0 Å². The average Bonchev–Trinajstić information content (AvgIpc) is 2.65. The standard InChI is InChI=1S/C22H25NO3/c1-22(2,16-24)19-12-10-17(11-13-19)20(18-7-6-14-23-15-18)8-4-3-5-9-21(25)26/h6-8,10-16H,3-5,9H2,1-2H3,(H,25,26)/b20-8+. The van der Waals surface area contributed by atoms with E-state index >= 15 is 0 Å². The number of carbonyl (C=O) groups excluding carboxylic acids is 1. The topological polar surface area (TPSA) is 67.3 Å². The summed E-state index contributed by atoms with van der Waals surface area (Å²) < 4.78 is 0. The fourth-order valence-electron chi connectivity index (χ4n) is 2.74. The van der Waals surface area contributed by atoms with Crippen molar-refractivity contribution in [2.45, 2.75) is 44.9 Å². The number of aliphatic carboxylic acids is 1. The number of carboxylic acid groups (broad SMARTS) is 1. The van der Waals surface area contributed by atoms with Crippen molar-refractivity contribution in [3.63, 3.8) is 0 Å². The molecule has 0 amide bonds. The molecule has 136 valence electrons. The molecule has 1 aromatic carbocycles. The van der Waals surface area contributed by atoms with E-state index in [9.17, 15) is 9.59 Å². The summed E-state index contributed by atoms with van der Waals surface area (Å²) in [5, 5.41) is 8.74. The van der Waals surface area contributed by atoms with E-state index in [0.29, 0.717) is 6.42 Å². The molecule has 0 aliphatic heterocycles. The number of unbranched alkanes of at least 4 members (excludes halogenated alkanes) is 2. The van der Waals surface area contributed by atoms with E-state index in [-0.39, 0.29) is 6.42 Å². The summed E-state index contributed by atoms with van der Waals surface area (Å²) in [5.41, 5.74) is 3.62. The highest BCUT2D eigenvalue weighted by Gasteiger charge is 2.19. The summed E-state index contributed by atoms with van der Waals surface area (Å²) in [6.07, 6.45) is 9.16. The van der Waals surface area contributed by atoms with Gasteiger partial charge >= 0.3 is 5.97 Å². The van der Waals surface area contributed by atoms with E-state index in [4.69, 9.17) is 5.11 Å². The predicted molar refractivity (Wildman–Crippen MR) is 103 cm³/mol. The van der Waals surface area contributed by atoms with Gasteiger partial charge in [-0.25, -0.2) is 0 Å². The van der Waals surface area contributed by atoms with Gasteiger partial charge in [-0.3, -0.25) is 9.78 Å². The largest absolute Gasteiger partial charge is 0.481 e. The lowest BCUT2D eigenvalue weighted by molar-refractivity contribution is -0.137. The van der Waals surface area contributed by atoms with E-state index in [1.165, 1.54) is 0 Å². The highest BCUT2D eigenvalue weighted by molar-refractivity contribution is 5.80. The van der Waals surface area contributed by atoms with E-state index in [1.807, 2.05) is 56.4 Å². The lowest BCUT2D eigenvalue weighted by atomic mass is 9.85. The van der Waals surface area contributed by atoms with Gasteiger partial charge in [0.1, 0.15) is 6.29 Å². The van der Waals surface area contributed by atoms with Crippen LogP contribution in [0.5, 0.6) is 0 Å². The number of hydrogen-bond acceptors (Lipinski definition) is 3. The van der Waals surface area contributed by atoms with Crippen LogP contribution in [0.25, 0.3) is 5.57 Å². The number of hydrogen-bond donors (Lipinski definition) is 1. The molecule has 0 spiro atoms. The zero-order valence-electron chi connectivity index (χ0n) is 15.3. The maximum atomic E-state index is 11.3. The first kappa shape index (κ1) is 19.6.